The normalized spacial score (nSPS) is 14.4. The summed E-state index contributed by atoms with van der Waals surface area (Å²) in [6, 6.07) is 9.53. The zero-order valence-electron chi connectivity index (χ0n) is 12.0. The highest BCUT2D eigenvalue weighted by Crippen LogP contribution is 2.18. The van der Waals surface area contributed by atoms with E-state index in [0.717, 1.165) is 5.56 Å². The topological polar surface area (TPSA) is 76.4 Å². The second-order valence-electron chi connectivity index (χ2n) is 5.49. The van der Waals surface area contributed by atoms with E-state index in [1.54, 1.807) is 0 Å². The van der Waals surface area contributed by atoms with Crippen LogP contribution in [-0.4, -0.2) is 24.3 Å². The number of halogens is 1. The summed E-state index contributed by atoms with van der Waals surface area (Å²) in [6.07, 6.45) is -0.458. The summed E-state index contributed by atoms with van der Waals surface area (Å²) in [4.78, 5) is 11.9. The van der Waals surface area contributed by atoms with E-state index in [4.69, 9.17) is 10.5 Å². The maximum absolute atomic E-state index is 11.9. The van der Waals surface area contributed by atoms with Gasteiger partial charge in [0.05, 0.1) is 12.1 Å². The van der Waals surface area contributed by atoms with Gasteiger partial charge in [-0.3, -0.25) is 3.53 Å². The van der Waals surface area contributed by atoms with E-state index < -0.39 is 11.7 Å². The molecule has 1 aromatic rings. The van der Waals surface area contributed by atoms with Crippen LogP contribution in [0, 0.1) is 0 Å². The quantitative estimate of drug-likeness (QED) is 0.533. The van der Waals surface area contributed by atoms with Gasteiger partial charge in [-0.1, -0.05) is 30.3 Å². The van der Waals surface area contributed by atoms with Gasteiger partial charge in [0.1, 0.15) is 5.60 Å². The van der Waals surface area contributed by atoms with Gasteiger partial charge in [-0.15, -0.1) is 0 Å². The van der Waals surface area contributed by atoms with E-state index >= 15 is 0 Å². The molecule has 1 amide bonds. The predicted octanol–water partition coefficient (Wildman–Crippen LogP) is 2.52. The molecule has 2 atom stereocenters. The molecule has 0 spiro atoms. The maximum atomic E-state index is 11.9. The van der Waals surface area contributed by atoms with Crippen LogP contribution in [0.2, 0.25) is 0 Å². The third kappa shape index (κ3) is 5.64. The van der Waals surface area contributed by atoms with Gasteiger partial charge >= 0.3 is 6.09 Å². The van der Waals surface area contributed by atoms with Crippen molar-refractivity contribution in [2.45, 2.75) is 38.5 Å². The Hall–Kier alpha value is -0.860. The number of ether oxygens (including phenoxy) is 1. The van der Waals surface area contributed by atoms with Crippen molar-refractivity contribution in [3.63, 3.8) is 0 Å². The number of alkyl carbamates (subject to hydrolysis) is 1. The lowest BCUT2D eigenvalue weighted by Crippen LogP contribution is -2.48. The Bertz CT molecular complexity index is 420. The molecule has 0 bridgehead atoms. The van der Waals surface area contributed by atoms with Crippen molar-refractivity contribution in [2.75, 3.05) is 6.54 Å². The SMILES string of the molecule is CC(C)(C)OC(=O)N[C@@H](CN)C(NI)c1ccccc1. The molecule has 20 heavy (non-hydrogen) atoms. The molecular formula is C14H22IN3O2. The van der Waals surface area contributed by atoms with Crippen molar-refractivity contribution in [3.8, 4) is 0 Å². The van der Waals surface area contributed by atoms with Crippen LogP contribution in [0.15, 0.2) is 30.3 Å². The molecule has 5 nitrogen and oxygen atoms in total. The number of hydrogen-bond donors (Lipinski definition) is 3. The van der Waals surface area contributed by atoms with Gasteiger partial charge in [0, 0.05) is 29.4 Å². The van der Waals surface area contributed by atoms with E-state index in [1.165, 1.54) is 0 Å². The van der Waals surface area contributed by atoms with Crippen LogP contribution >= 0.6 is 22.9 Å². The van der Waals surface area contributed by atoms with Gasteiger partial charge in [0.25, 0.3) is 0 Å². The van der Waals surface area contributed by atoms with Gasteiger partial charge in [-0.2, -0.15) is 0 Å². The van der Waals surface area contributed by atoms with Crippen molar-refractivity contribution >= 4 is 29.0 Å². The van der Waals surface area contributed by atoms with Crippen molar-refractivity contribution < 1.29 is 9.53 Å². The molecule has 112 valence electrons. The highest BCUT2D eigenvalue weighted by molar-refractivity contribution is 14.1. The second kappa shape index (κ2) is 7.80. The first kappa shape index (κ1) is 17.2. The molecule has 0 radical (unpaired) electrons. The molecule has 0 aliphatic carbocycles. The molecule has 1 rings (SSSR count). The van der Waals surface area contributed by atoms with E-state index in [1.807, 2.05) is 51.1 Å². The van der Waals surface area contributed by atoms with E-state index in [-0.39, 0.29) is 12.1 Å². The summed E-state index contributed by atoms with van der Waals surface area (Å²) in [5, 5.41) is 2.82. The Balaban J connectivity index is 2.76. The van der Waals surface area contributed by atoms with Crippen molar-refractivity contribution in [3.05, 3.63) is 35.9 Å². The minimum atomic E-state index is -0.525. The Kier molecular flexibility index (Phi) is 6.70. The molecule has 0 fully saturated rings. The van der Waals surface area contributed by atoms with Crippen molar-refractivity contribution in [1.29, 1.82) is 0 Å². The Labute approximate surface area is 134 Å². The third-order valence-electron chi connectivity index (χ3n) is 2.63. The van der Waals surface area contributed by atoms with Crippen molar-refractivity contribution in [2.24, 2.45) is 5.73 Å². The van der Waals surface area contributed by atoms with Crippen LogP contribution in [0.5, 0.6) is 0 Å². The monoisotopic (exact) mass is 391 g/mol. The number of benzene rings is 1. The first-order chi connectivity index (χ1) is 9.37. The fourth-order valence-electron chi connectivity index (χ4n) is 1.77. The van der Waals surface area contributed by atoms with Gasteiger partial charge in [-0.05, 0) is 26.3 Å². The molecule has 0 saturated carbocycles. The standard InChI is InChI=1S/C14H22IN3O2/c1-14(2,3)20-13(19)17-11(9-16)12(18-15)10-7-5-4-6-8-10/h4-8,11-12,18H,9,16H2,1-3H3,(H,17,19)/t11-,12?/m0/s1. The molecule has 0 heterocycles. The van der Waals surface area contributed by atoms with Crippen LogP contribution in [0.3, 0.4) is 0 Å². The second-order valence-corrected chi connectivity index (χ2v) is 6.11. The third-order valence-corrected chi connectivity index (χ3v) is 3.31. The lowest BCUT2D eigenvalue weighted by atomic mass is 10.0. The first-order valence-corrected chi connectivity index (χ1v) is 7.56. The lowest BCUT2D eigenvalue weighted by molar-refractivity contribution is 0.0497. The fourth-order valence-corrected chi connectivity index (χ4v) is 2.56. The van der Waals surface area contributed by atoms with E-state index in [2.05, 4.69) is 31.7 Å². The number of nitrogens with one attached hydrogen (secondary N) is 2. The number of carbonyl (C=O) groups excluding carboxylic acids is 1. The van der Waals surface area contributed by atoms with Gasteiger partial charge in [-0.25, -0.2) is 4.79 Å². The zero-order valence-corrected chi connectivity index (χ0v) is 14.2. The Morgan fingerprint density at radius 1 is 1.35 bits per heavy atom. The maximum Gasteiger partial charge on any atom is 0.407 e. The number of carbonyl (C=O) groups is 1. The summed E-state index contributed by atoms with van der Waals surface area (Å²) in [5.41, 5.74) is 6.32. The first-order valence-electron chi connectivity index (χ1n) is 6.48. The van der Waals surface area contributed by atoms with Crippen LogP contribution in [0.25, 0.3) is 0 Å². The van der Waals surface area contributed by atoms with Crippen LogP contribution in [0.4, 0.5) is 4.79 Å². The number of amides is 1. The molecule has 6 heteroatoms. The molecule has 4 N–H and O–H groups in total. The lowest BCUT2D eigenvalue weighted by Gasteiger charge is -2.28. The molecule has 0 aliphatic rings. The van der Waals surface area contributed by atoms with Crippen LogP contribution in [0.1, 0.15) is 32.4 Å². The van der Waals surface area contributed by atoms with E-state index in [9.17, 15) is 4.79 Å². The minimum absolute atomic E-state index is 0.0747. The Morgan fingerprint density at radius 2 is 1.95 bits per heavy atom. The molecule has 0 saturated heterocycles. The molecule has 1 unspecified atom stereocenters. The summed E-state index contributed by atoms with van der Waals surface area (Å²) in [6.45, 7) is 5.80. The van der Waals surface area contributed by atoms with Crippen molar-refractivity contribution in [1.82, 2.24) is 8.85 Å². The predicted molar refractivity (Wildman–Crippen MR) is 88.6 cm³/mol. The smallest absolute Gasteiger partial charge is 0.407 e. The summed E-state index contributed by atoms with van der Waals surface area (Å²) >= 11 is 2.07. The fraction of sp³-hybridized carbons (Fsp3) is 0.500. The molecule has 0 aliphatic heterocycles. The number of rotatable bonds is 5. The molecule has 1 aromatic carbocycles. The zero-order chi connectivity index (χ0) is 15.2. The molecular weight excluding hydrogens is 369 g/mol. The molecule has 0 aromatic heterocycles. The largest absolute Gasteiger partial charge is 0.444 e. The Morgan fingerprint density at radius 3 is 2.40 bits per heavy atom. The average molecular weight is 391 g/mol. The summed E-state index contributed by atoms with van der Waals surface area (Å²) < 4.78 is 8.42. The van der Waals surface area contributed by atoms with Gasteiger partial charge in [0.2, 0.25) is 0 Å². The van der Waals surface area contributed by atoms with E-state index in [0.29, 0.717) is 6.54 Å². The van der Waals surface area contributed by atoms with Gasteiger partial charge in [0.15, 0.2) is 0 Å². The number of nitrogens with two attached hydrogens (primary N) is 1. The number of hydrogen-bond acceptors (Lipinski definition) is 4. The highest BCUT2D eigenvalue weighted by atomic mass is 127. The summed E-state index contributed by atoms with van der Waals surface area (Å²) in [5.74, 6) is 0. The summed E-state index contributed by atoms with van der Waals surface area (Å²) in [7, 11) is 0. The highest BCUT2D eigenvalue weighted by Gasteiger charge is 2.25. The minimum Gasteiger partial charge on any atom is -0.444 e. The van der Waals surface area contributed by atoms with Crippen LogP contribution < -0.4 is 14.6 Å². The average Bonchev–Trinajstić information content (AvgIpc) is 2.37. The van der Waals surface area contributed by atoms with Crippen LogP contribution in [-0.2, 0) is 4.74 Å². The van der Waals surface area contributed by atoms with Gasteiger partial charge < -0.3 is 15.8 Å².